The van der Waals surface area contributed by atoms with E-state index in [0.717, 1.165) is 33.6 Å². The van der Waals surface area contributed by atoms with Crippen LogP contribution in [0.1, 0.15) is 0 Å². The lowest BCUT2D eigenvalue weighted by molar-refractivity contribution is 0.174. The van der Waals surface area contributed by atoms with Crippen molar-refractivity contribution in [2.75, 3.05) is 41.7 Å². The van der Waals surface area contributed by atoms with Crippen LogP contribution in [-0.2, 0) is 6.54 Å². The Hall–Kier alpha value is -3.45. The van der Waals surface area contributed by atoms with Crippen LogP contribution >= 0.6 is 0 Å². The number of hydrogen-bond acceptors (Lipinski definition) is 6. The van der Waals surface area contributed by atoms with Gasteiger partial charge in [0, 0.05) is 29.2 Å². The lowest BCUT2D eigenvalue weighted by Crippen LogP contribution is -2.27. The van der Waals surface area contributed by atoms with Gasteiger partial charge in [-0.05, 0) is 43.7 Å². The molecule has 1 aliphatic heterocycles. The summed E-state index contributed by atoms with van der Waals surface area (Å²) in [5.41, 5.74) is 0.789. The lowest BCUT2D eigenvalue weighted by Gasteiger charge is -2.19. The lowest BCUT2D eigenvalue weighted by atomic mass is 9.99. The number of hydrogen-bond donors (Lipinski definition) is 0. The third-order valence-electron chi connectivity index (χ3n) is 5.82. The minimum atomic E-state index is -0.0598. The van der Waals surface area contributed by atoms with E-state index in [1.807, 2.05) is 49.0 Å². The van der Waals surface area contributed by atoms with Crippen LogP contribution in [0.2, 0.25) is 0 Å². The van der Waals surface area contributed by atoms with Crippen molar-refractivity contribution in [3.05, 3.63) is 46.8 Å². The zero-order valence-electron chi connectivity index (χ0n) is 18.0. The third-order valence-corrected chi connectivity index (χ3v) is 5.82. The molecule has 0 N–H and O–H groups in total. The molecule has 0 fully saturated rings. The van der Waals surface area contributed by atoms with Gasteiger partial charge in [-0.2, -0.15) is 0 Å². The summed E-state index contributed by atoms with van der Waals surface area (Å²) in [5.74, 6) is 2.55. The fourth-order valence-corrected chi connectivity index (χ4v) is 4.32. The van der Waals surface area contributed by atoms with E-state index < -0.39 is 0 Å². The molecule has 3 aromatic carbocycles. The van der Waals surface area contributed by atoms with Crippen molar-refractivity contribution in [2.24, 2.45) is 0 Å². The van der Waals surface area contributed by atoms with Gasteiger partial charge in [0.05, 0.1) is 25.1 Å². The minimum Gasteiger partial charge on any atom is -0.493 e. The van der Waals surface area contributed by atoms with Gasteiger partial charge < -0.3 is 28.4 Å². The Kier molecular flexibility index (Phi) is 4.63. The molecule has 0 spiro atoms. The molecule has 0 bridgehead atoms. The van der Waals surface area contributed by atoms with Crippen LogP contribution in [-0.4, -0.2) is 51.1 Å². The Labute approximate surface area is 179 Å². The first-order valence-electron chi connectivity index (χ1n) is 10.1. The van der Waals surface area contributed by atoms with E-state index in [0.29, 0.717) is 34.9 Å². The molecular weight excluding hydrogens is 396 g/mol. The van der Waals surface area contributed by atoms with E-state index in [9.17, 15) is 4.79 Å². The fourth-order valence-electron chi connectivity index (χ4n) is 4.32. The molecule has 0 amide bonds. The first-order chi connectivity index (χ1) is 15.0. The topological polar surface area (TPSA) is 62.2 Å². The summed E-state index contributed by atoms with van der Waals surface area (Å²) < 4.78 is 24.3. The molecule has 0 atom stereocenters. The molecule has 0 unspecified atom stereocenters. The number of ether oxygens (including phenoxy) is 4. The number of likely N-dealkylation sites (N-methyl/N-ethyl adjacent to an activating group) is 1. The molecule has 5 rings (SSSR count). The second-order valence-electron chi connectivity index (χ2n) is 7.87. The zero-order valence-corrected chi connectivity index (χ0v) is 18.0. The van der Waals surface area contributed by atoms with E-state index >= 15 is 0 Å². The Morgan fingerprint density at radius 2 is 1.71 bits per heavy atom. The van der Waals surface area contributed by atoms with Crippen LogP contribution in [0.15, 0.2) is 41.2 Å². The van der Waals surface area contributed by atoms with Crippen LogP contribution in [0.25, 0.3) is 32.4 Å². The largest absolute Gasteiger partial charge is 0.493 e. The standard InChI is InChI=1S/C24H24N2O5/c1-25(2)9-10-26-22-15(6-5-14-11-19-20(12-17(14)22)31-13-30-19)21-16(24(26)27)7-8-18(28-3)23(21)29-4/h5-8,11-12H,9-10,13H2,1-4H3. The SMILES string of the molecule is COc1ccc2c(=O)n(CCN(C)C)c3c4cc5c(cc4ccc3c2c1OC)OCO5. The zero-order chi connectivity index (χ0) is 21.7. The first-order valence-corrected chi connectivity index (χ1v) is 10.1. The predicted molar refractivity (Wildman–Crippen MR) is 121 cm³/mol. The van der Waals surface area contributed by atoms with E-state index in [2.05, 4.69) is 4.90 Å². The highest BCUT2D eigenvalue weighted by molar-refractivity contribution is 6.18. The average molecular weight is 420 g/mol. The number of aromatic nitrogens is 1. The summed E-state index contributed by atoms with van der Waals surface area (Å²) in [6.45, 7) is 1.49. The van der Waals surface area contributed by atoms with Crippen molar-refractivity contribution in [2.45, 2.75) is 6.54 Å². The van der Waals surface area contributed by atoms with Gasteiger partial charge in [0.25, 0.3) is 5.56 Å². The maximum absolute atomic E-state index is 13.7. The van der Waals surface area contributed by atoms with E-state index in [1.54, 1.807) is 20.3 Å². The monoisotopic (exact) mass is 420 g/mol. The van der Waals surface area contributed by atoms with Gasteiger partial charge in [0.15, 0.2) is 23.0 Å². The number of rotatable bonds is 5. The highest BCUT2D eigenvalue weighted by atomic mass is 16.7. The number of methoxy groups -OCH3 is 2. The van der Waals surface area contributed by atoms with E-state index in [1.165, 1.54) is 0 Å². The number of benzene rings is 3. The van der Waals surface area contributed by atoms with Crippen molar-refractivity contribution in [3.8, 4) is 23.0 Å². The van der Waals surface area contributed by atoms with Crippen LogP contribution in [0, 0.1) is 0 Å². The number of nitrogens with zero attached hydrogens (tertiary/aromatic N) is 2. The molecule has 7 heteroatoms. The van der Waals surface area contributed by atoms with Crippen LogP contribution in [0.3, 0.4) is 0 Å². The molecule has 7 nitrogen and oxygen atoms in total. The van der Waals surface area contributed by atoms with Crippen molar-refractivity contribution < 1.29 is 18.9 Å². The second kappa shape index (κ2) is 7.35. The van der Waals surface area contributed by atoms with Crippen LogP contribution < -0.4 is 24.5 Å². The summed E-state index contributed by atoms with van der Waals surface area (Å²) in [5, 5.41) is 4.20. The molecule has 2 heterocycles. The van der Waals surface area contributed by atoms with Gasteiger partial charge in [-0.1, -0.05) is 12.1 Å². The van der Waals surface area contributed by atoms with Gasteiger partial charge in [-0.3, -0.25) is 4.79 Å². The summed E-state index contributed by atoms with van der Waals surface area (Å²) in [7, 11) is 7.19. The molecule has 0 radical (unpaired) electrons. The van der Waals surface area contributed by atoms with Gasteiger partial charge in [0.2, 0.25) is 6.79 Å². The van der Waals surface area contributed by atoms with Gasteiger partial charge >= 0.3 is 0 Å². The van der Waals surface area contributed by atoms with E-state index in [4.69, 9.17) is 18.9 Å². The smallest absolute Gasteiger partial charge is 0.259 e. The second-order valence-corrected chi connectivity index (χ2v) is 7.87. The van der Waals surface area contributed by atoms with Gasteiger partial charge in [0.1, 0.15) is 0 Å². The van der Waals surface area contributed by atoms with E-state index in [-0.39, 0.29) is 12.4 Å². The maximum Gasteiger partial charge on any atom is 0.259 e. The van der Waals surface area contributed by atoms with Crippen LogP contribution in [0.5, 0.6) is 23.0 Å². The molecule has 160 valence electrons. The van der Waals surface area contributed by atoms with Crippen LogP contribution in [0.4, 0.5) is 0 Å². The predicted octanol–water partition coefficient (Wildman–Crippen LogP) is 3.62. The highest BCUT2D eigenvalue weighted by Gasteiger charge is 2.21. The fraction of sp³-hybridized carbons (Fsp3) is 0.292. The normalized spacial score (nSPS) is 12.9. The maximum atomic E-state index is 13.7. The first kappa shape index (κ1) is 19.5. The summed E-state index contributed by atoms with van der Waals surface area (Å²) in [6.07, 6.45) is 0. The van der Waals surface area contributed by atoms with Crippen molar-refractivity contribution >= 4 is 32.4 Å². The average Bonchev–Trinajstić information content (AvgIpc) is 3.23. The summed E-state index contributed by atoms with van der Waals surface area (Å²) in [4.78, 5) is 15.8. The quantitative estimate of drug-likeness (QED) is 0.460. The minimum absolute atomic E-state index is 0.0598. The van der Waals surface area contributed by atoms with Crippen molar-refractivity contribution in [1.29, 1.82) is 0 Å². The molecule has 1 aliphatic rings. The molecule has 31 heavy (non-hydrogen) atoms. The molecule has 4 aromatic rings. The third kappa shape index (κ3) is 2.96. The van der Waals surface area contributed by atoms with Crippen molar-refractivity contribution in [1.82, 2.24) is 9.47 Å². The Morgan fingerprint density at radius 1 is 0.968 bits per heavy atom. The summed E-state index contributed by atoms with van der Waals surface area (Å²) >= 11 is 0. The molecule has 0 saturated heterocycles. The van der Waals surface area contributed by atoms with Gasteiger partial charge in [-0.25, -0.2) is 0 Å². The van der Waals surface area contributed by atoms with Crippen molar-refractivity contribution in [3.63, 3.8) is 0 Å². The highest BCUT2D eigenvalue weighted by Crippen LogP contribution is 2.42. The molecule has 0 aliphatic carbocycles. The Bertz CT molecular complexity index is 1390. The molecule has 1 aromatic heterocycles. The number of fused-ring (bicyclic) bond motifs is 6. The molecular formula is C24H24N2O5. The van der Waals surface area contributed by atoms with Gasteiger partial charge in [-0.15, -0.1) is 0 Å². The molecule has 0 saturated carbocycles. The Balaban J connectivity index is 1.98. The summed E-state index contributed by atoms with van der Waals surface area (Å²) in [6, 6.07) is 11.6. The number of pyridine rings is 1. The Morgan fingerprint density at radius 3 is 2.42 bits per heavy atom.